The van der Waals surface area contributed by atoms with Gasteiger partial charge < -0.3 is 14.8 Å². The fourth-order valence-corrected chi connectivity index (χ4v) is 1.74. The van der Waals surface area contributed by atoms with E-state index in [1.54, 1.807) is 12.1 Å². The predicted octanol–water partition coefficient (Wildman–Crippen LogP) is 2.64. The number of rotatable bonds is 4. The summed E-state index contributed by atoms with van der Waals surface area (Å²) in [5.74, 6) is -1.41. The Labute approximate surface area is 120 Å². The fraction of sp³-hybridized carbons (Fsp3) is 0.167. The van der Waals surface area contributed by atoms with Crippen molar-refractivity contribution in [2.45, 2.75) is 0 Å². The molecule has 102 valence electrons. The van der Waals surface area contributed by atoms with Gasteiger partial charge in [-0.2, -0.15) is 0 Å². The second kappa shape index (κ2) is 7.01. The zero-order valence-corrected chi connectivity index (χ0v) is 11.7. The maximum Gasteiger partial charge on any atom is 0.354 e. The molecule has 1 rings (SSSR count). The molecule has 0 aliphatic carbocycles. The molecule has 0 saturated heterocycles. The summed E-state index contributed by atoms with van der Waals surface area (Å²) in [4.78, 5) is 22.7. The second-order valence-corrected chi connectivity index (χ2v) is 4.23. The molecule has 0 unspecified atom stereocenters. The van der Waals surface area contributed by atoms with Gasteiger partial charge in [-0.05, 0) is 18.2 Å². The number of anilines is 1. The number of halogens is 2. The Morgan fingerprint density at radius 3 is 2.16 bits per heavy atom. The zero-order chi connectivity index (χ0) is 14.4. The van der Waals surface area contributed by atoms with Crippen molar-refractivity contribution in [2.75, 3.05) is 19.5 Å². The number of benzene rings is 1. The lowest BCUT2D eigenvalue weighted by atomic mass is 10.3. The van der Waals surface area contributed by atoms with Crippen LogP contribution in [0.5, 0.6) is 0 Å². The van der Waals surface area contributed by atoms with Crippen LogP contribution in [0, 0.1) is 0 Å². The van der Waals surface area contributed by atoms with Gasteiger partial charge in [0.25, 0.3) is 0 Å². The maximum atomic E-state index is 11.5. The number of hydrogen-bond donors (Lipinski definition) is 1. The van der Waals surface area contributed by atoms with Crippen molar-refractivity contribution >= 4 is 40.8 Å². The first-order valence-electron chi connectivity index (χ1n) is 5.07. The van der Waals surface area contributed by atoms with Crippen molar-refractivity contribution in [3.05, 3.63) is 40.0 Å². The molecular formula is C12H11Cl2NO4. The van der Waals surface area contributed by atoms with Gasteiger partial charge in [0.1, 0.15) is 5.70 Å². The highest BCUT2D eigenvalue weighted by Gasteiger charge is 2.13. The van der Waals surface area contributed by atoms with Gasteiger partial charge in [0, 0.05) is 15.7 Å². The quantitative estimate of drug-likeness (QED) is 0.684. The van der Waals surface area contributed by atoms with E-state index in [2.05, 4.69) is 14.8 Å². The van der Waals surface area contributed by atoms with E-state index >= 15 is 0 Å². The first-order valence-corrected chi connectivity index (χ1v) is 5.83. The van der Waals surface area contributed by atoms with Crippen LogP contribution in [0.15, 0.2) is 30.0 Å². The van der Waals surface area contributed by atoms with E-state index < -0.39 is 11.9 Å². The Morgan fingerprint density at radius 1 is 1.11 bits per heavy atom. The standard InChI is InChI=1S/C12H11Cl2NO4/c1-18-11(16)6-10(12(17)19-2)15-9-4-7(13)3-8(14)5-9/h3-6,15H,1-2H3. The average molecular weight is 304 g/mol. The van der Waals surface area contributed by atoms with Gasteiger partial charge in [0.2, 0.25) is 0 Å². The molecule has 0 amide bonds. The first kappa shape index (κ1) is 15.3. The van der Waals surface area contributed by atoms with Gasteiger partial charge in [-0.15, -0.1) is 0 Å². The topological polar surface area (TPSA) is 64.6 Å². The van der Waals surface area contributed by atoms with Crippen molar-refractivity contribution in [3.63, 3.8) is 0 Å². The van der Waals surface area contributed by atoms with Crippen LogP contribution in [-0.4, -0.2) is 26.2 Å². The Hall–Kier alpha value is -1.72. The monoisotopic (exact) mass is 303 g/mol. The summed E-state index contributed by atoms with van der Waals surface area (Å²) in [6.45, 7) is 0. The van der Waals surface area contributed by atoms with Crippen LogP contribution in [0.25, 0.3) is 0 Å². The molecule has 19 heavy (non-hydrogen) atoms. The summed E-state index contributed by atoms with van der Waals surface area (Å²) in [5, 5.41) is 3.47. The van der Waals surface area contributed by atoms with Crippen LogP contribution in [0.3, 0.4) is 0 Å². The number of carbonyl (C=O) groups is 2. The third-order valence-electron chi connectivity index (χ3n) is 2.01. The molecule has 5 nitrogen and oxygen atoms in total. The summed E-state index contributed by atoms with van der Waals surface area (Å²) in [6.07, 6.45) is 0.973. The number of carbonyl (C=O) groups excluding carboxylic acids is 2. The summed E-state index contributed by atoms with van der Waals surface area (Å²) >= 11 is 11.7. The van der Waals surface area contributed by atoms with Gasteiger partial charge in [0.05, 0.1) is 20.3 Å². The molecule has 1 aromatic carbocycles. The molecule has 0 aliphatic rings. The van der Waals surface area contributed by atoms with Crippen molar-refractivity contribution in [1.29, 1.82) is 0 Å². The predicted molar refractivity (Wildman–Crippen MR) is 72.2 cm³/mol. The molecule has 7 heteroatoms. The number of methoxy groups -OCH3 is 2. The Balaban J connectivity index is 3.04. The third-order valence-corrected chi connectivity index (χ3v) is 2.45. The molecule has 0 heterocycles. The lowest BCUT2D eigenvalue weighted by molar-refractivity contribution is -0.138. The van der Waals surface area contributed by atoms with Crippen LogP contribution < -0.4 is 5.32 Å². The van der Waals surface area contributed by atoms with E-state index in [1.165, 1.54) is 20.3 Å². The van der Waals surface area contributed by atoms with Crippen molar-refractivity contribution < 1.29 is 19.1 Å². The normalized spacial score (nSPS) is 10.8. The lowest BCUT2D eigenvalue weighted by Gasteiger charge is -2.09. The van der Waals surface area contributed by atoms with E-state index in [1.807, 2.05) is 0 Å². The Kier molecular flexibility index (Phi) is 5.66. The molecule has 0 aromatic heterocycles. The molecule has 0 fully saturated rings. The summed E-state index contributed by atoms with van der Waals surface area (Å²) in [5.41, 5.74) is 0.353. The molecule has 1 aromatic rings. The van der Waals surface area contributed by atoms with Crippen LogP contribution in [0.4, 0.5) is 5.69 Å². The second-order valence-electron chi connectivity index (χ2n) is 3.36. The van der Waals surface area contributed by atoms with E-state index in [0.717, 1.165) is 6.08 Å². The minimum atomic E-state index is -0.721. The highest BCUT2D eigenvalue weighted by Crippen LogP contribution is 2.23. The molecule has 0 atom stereocenters. The largest absolute Gasteiger partial charge is 0.466 e. The van der Waals surface area contributed by atoms with Crippen molar-refractivity contribution in [1.82, 2.24) is 0 Å². The molecule has 0 spiro atoms. The van der Waals surface area contributed by atoms with Gasteiger partial charge in [0.15, 0.2) is 0 Å². The number of ether oxygens (including phenoxy) is 2. The number of esters is 2. The van der Waals surface area contributed by atoms with E-state index in [4.69, 9.17) is 23.2 Å². The average Bonchev–Trinajstić information content (AvgIpc) is 2.35. The molecular weight excluding hydrogens is 293 g/mol. The van der Waals surface area contributed by atoms with Crippen molar-refractivity contribution in [3.8, 4) is 0 Å². The van der Waals surface area contributed by atoms with Crippen LogP contribution in [0.1, 0.15) is 0 Å². The molecule has 1 N–H and O–H groups in total. The van der Waals surface area contributed by atoms with Gasteiger partial charge in [-0.1, -0.05) is 23.2 Å². The smallest absolute Gasteiger partial charge is 0.354 e. The van der Waals surface area contributed by atoms with Crippen LogP contribution >= 0.6 is 23.2 Å². The van der Waals surface area contributed by atoms with Crippen LogP contribution in [0.2, 0.25) is 10.0 Å². The van der Waals surface area contributed by atoms with Gasteiger partial charge in [-0.25, -0.2) is 9.59 Å². The first-order chi connectivity index (χ1) is 8.96. The minimum absolute atomic E-state index is 0.0901. The minimum Gasteiger partial charge on any atom is -0.466 e. The molecule has 0 bridgehead atoms. The summed E-state index contributed by atoms with van der Waals surface area (Å²) in [6, 6.07) is 4.62. The number of hydrogen-bond acceptors (Lipinski definition) is 5. The van der Waals surface area contributed by atoms with Crippen LogP contribution in [-0.2, 0) is 19.1 Å². The van der Waals surface area contributed by atoms with E-state index in [0.29, 0.717) is 15.7 Å². The number of nitrogens with one attached hydrogen (secondary N) is 1. The fourth-order valence-electron chi connectivity index (χ4n) is 1.21. The summed E-state index contributed by atoms with van der Waals surface area (Å²) < 4.78 is 8.99. The van der Waals surface area contributed by atoms with E-state index in [9.17, 15) is 9.59 Å². The lowest BCUT2D eigenvalue weighted by Crippen LogP contribution is -2.15. The van der Waals surface area contributed by atoms with Gasteiger partial charge in [-0.3, -0.25) is 0 Å². The third kappa shape index (κ3) is 4.81. The molecule has 0 saturated carbocycles. The maximum absolute atomic E-state index is 11.5. The zero-order valence-electron chi connectivity index (χ0n) is 10.2. The Morgan fingerprint density at radius 2 is 1.68 bits per heavy atom. The summed E-state index contributed by atoms with van der Waals surface area (Å²) in [7, 11) is 2.39. The molecule has 0 aliphatic heterocycles. The van der Waals surface area contributed by atoms with Gasteiger partial charge >= 0.3 is 11.9 Å². The van der Waals surface area contributed by atoms with Crippen molar-refractivity contribution in [2.24, 2.45) is 0 Å². The SMILES string of the molecule is COC(=O)C=C(Nc1cc(Cl)cc(Cl)c1)C(=O)OC. The highest BCUT2D eigenvalue weighted by molar-refractivity contribution is 6.35. The van der Waals surface area contributed by atoms with E-state index in [-0.39, 0.29) is 5.70 Å². The molecule has 0 radical (unpaired) electrons. The Bertz CT molecular complexity index is 508. The highest BCUT2D eigenvalue weighted by atomic mass is 35.5.